The molecular weight excluding hydrogens is 562 g/mol. The zero-order chi connectivity index (χ0) is 28.7. The van der Waals surface area contributed by atoms with Crippen LogP contribution in [-0.2, 0) is 11.4 Å². The number of carbonyl (C=O) groups is 3. The number of amides is 4. The van der Waals surface area contributed by atoms with Crippen LogP contribution >= 0.6 is 23.1 Å². The highest BCUT2D eigenvalue weighted by Gasteiger charge is 2.25. The number of aromatic nitrogens is 1. The summed E-state index contributed by atoms with van der Waals surface area (Å²) in [5, 5.41) is 24.8. The van der Waals surface area contributed by atoms with Crippen LogP contribution in [0.5, 0.6) is 5.88 Å². The number of ether oxygens (including phenoxy) is 1. The summed E-state index contributed by atoms with van der Waals surface area (Å²) in [7, 11) is 1.96. The molecule has 3 rings (SSSR count). The zero-order valence-electron chi connectivity index (χ0n) is 21.0. The number of nitrogens with one attached hydrogen (secondary N) is 2. The van der Waals surface area contributed by atoms with Gasteiger partial charge in [0.2, 0.25) is 11.8 Å². The number of piperazine rings is 1. The molecule has 39 heavy (non-hydrogen) atoms. The second kappa shape index (κ2) is 13.8. The molecule has 0 spiro atoms. The van der Waals surface area contributed by atoms with Crippen LogP contribution in [0.2, 0.25) is 5.02 Å². The van der Waals surface area contributed by atoms with Crippen molar-refractivity contribution in [1.29, 1.82) is 0 Å². The summed E-state index contributed by atoms with van der Waals surface area (Å²) in [4.78, 5) is 40.3. The molecule has 0 aliphatic carbocycles. The molecule has 1 aliphatic heterocycles. The molecule has 12 nitrogen and oxygen atoms in total. The van der Waals surface area contributed by atoms with Gasteiger partial charge in [-0.25, -0.2) is 13.6 Å². The Morgan fingerprint density at radius 3 is 2.44 bits per heavy atom. The Balaban J connectivity index is 1.49. The van der Waals surface area contributed by atoms with Gasteiger partial charge >= 0.3 is 6.03 Å². The number of aliphatic hydroxyl groups is 2. The Labute approximate surface area is 231 Å². The van der Waals surface area contributed by atoms with Gasteiger partial charge in [0.1, 0.15) is 28.8 Å². The second-order valence-corrected chi connectivity index (χ2v) is 10.2. The number of urea groups is 1. The number of likely N-dealkylation sites (N-methyl/N-ethyl adjacent to an activating group) is 1. The molecule has 1 aliphatic rings. The first-order valence-corrected chi connectivity index (χ1v) is 13.0. The molecule has 0 saturated carbocycles. The molecule has 1 fully saturated rings. The number of aliphatic hydroxyl groups excluding tert-OH is 2. The van der Waals surface area contributed by atoms with Crippen LogP contribution in [0.1, 0.15) is 28.8 Å². The van der Waals surface area contributed by atoms with Crippen molar-refractivity contribution in [2.24, 2.45) is 5.73 Å². The number of nitrogens with zero attached hydrogens (tertiary/aromatic N) is 3. The van der Waals surface area contributed by atoms with E-state index in [-0.39, 0.29) is 46.8 Å². The van der Waals surface area contributed by atoms with Gasteiger partial charge < -0.3 is 35.8 Å². The summed E-state index contributed by atoms with van der Waals surface area (Å²) in [6, 6.07) is 0.968. The third-order valence-electron chi connectivity index (χ3n) is 5.90. The van der Waals surface area contributed by atoms with Crippen LogP contribution in [0.3, 0.4) is 0 Å². The fraction of sp³-hybridized carbons (Fsp3) is 0.478. The minimum absolute atomic E-state index is 0.0978. The summed E-state index contributed by atoms with van der Waals surface area (Å²) in [5.41, 5.74) is 4.61. The summed E-state index contributed by atoms with van der Waals surface area (Å²) in [6.07, 6.45) is -2.56. The molecule has 4 amide bonds. The minimum Gasteiger partial charge on any atom is -0.471 e. The van der Waals surface area contributed by atoms with Crippen molar-refractivity contribution >= 4 is 46.0 Å². The maximum absolute atomic E-state index is 14.0. The van der Waals surface area contributed by atoms with Crippen molar-refractivity contribution < 1.29 is 38.1 Å². The molecule has 0 radical (unpaired) electrons. The van der Waals surface area contributed by atoms with Crippen molar-refractivity contribution in [3.8, 4) is 5.88 Å². The van der Waals surface area contributed by atoms with E-state index in [9.17, 15) is 33.4 Å². The Morgan fingerprint density at radius 1 is 1.18 bits per heavy atom. The van der Waals surface area contributed by atoms with E-state index in [1.165, 1.54) is 0 Å². The number of anilines is 1. The molecule has 2 aromatic rings. The average molecular weight is 591 g/mol. The van der Waals surface area contributed by atoms with Crippen LogP contribution in [-0.4, -0.2) is 94.2 Å². The van der Waals surface area contributed by atoms with E-state index < -0.39 is 48.0 Å². The van der Waals surface area contributed by atoms with E-state index >= 15 is 0 Å². The van der Waals surface area contributed by atoms with Crippen LogP contribution in [0.15, 0.2) is 12.1 Å². The number of hydrogen-bond donors (Lipinski definition) is 5. The molecular formula is C23H29ClF2N6O6S. The zero-order valence-corrected chi connectivity index (χ0v) is 22.5. The normalized spacial score (nSPS) is 15.5. The van der Waals surface area contributed by atoms with Crippen molar-refractivity contribution in [2.75, 3.05) is 45.1 Å². The van der Waals surface area contributed by atoms with E-state index in [0.717, 1.165) is 25.2 Å². The number of nitrogens with two attached hydrogens (primary N) is 1. The number of carbonyl (C=O) groups excluding carboxylic acids is 3. The maximum atomic E-state index is 14.0. The largest absolute Gasteiger partial charge is 0.471 e. The van der Waals surface area contributed by atoms with Gasteiger partial charge in [0.05, 0.1) is 24.2 Å². The summed E-state index contributed by atoms with van der Waals surface area (Å²) in [6.45, 7) is 1.73. The molecule has 6 N–H and O–H groups in total. The molecule has 1 aromatic carbocycles. The number of halogens is 3. The van der Waals surface area contributed by atoms with Gasteiger partial charge in [0.15, 0.2) is 0 Å². The van der Waals surface area contributed by atoms with E-state index in [1.807, 2.05) is 7.05 Å². The van der Waals surface area contributed by atoms with Crippen LogP contribution in [0, 0.1) is 11.6 Å². The van der Waals surface area contributed by atoms with Crippen LogP contribution < -0.4 is 21.1 Å². The molecule has 16 heteroatoms. The topological polar surface area (TPSA) is 170 Å². The highest BCUT2D eigenvalue weighted by molar-refractivity contribution is 7.11. The molecule has 1 saturated heterocycles. The lowest BCUT2D eigenvalue weighted by Gasteiger charge is -2.33. The monoisotopic (exact) mass is 590 g/mol. The lowest BCUT2D eigenvalue weighted by molar-refractivity contribution is -0.135. The van der Waals surface area contributed by atoms with Crippen molar-refractivity contribution in [3.63, 3.8) is 0 Å². The fourth-order valence-corrected chi connectivity index (χ4v) is 4.68. The highest BCUT2D eigenvalue weighted by Crippen LogP contribution is 2.31. The van der Waals surface area contributed by atoms with Gasteiger partial charge in [-0.1, -0.05) is 11.6 Å². The summed E-state index contributed by atoms with van der Waals surface area (Å²) < 4.78 is 37.2. The Bertz CT molecular complexity index is 1170. The third-order valence-corrected chi connectivity index (χ3v) is 6.87. The number of rotatable bonds is 11. The molecule has 2 unspecified atom stereocenters. The molecule has 0 bridgehead atoms. The Morgan fingerprint density at radius 2 is 1.82 bits per heavy atom. The summed E-state index contributed by atoms with van der Waals surface area (Å²) in [5.74, 6) is -3.48. The molecule has 1 aromatic heterocycles. The van der Waals surface area contributed by atoms with Crippen LogP contribution in [0.25, 0.3) is 0 Å². The number of benzene rings is 1. The Hall–Kier alpha value is -3.11. The molecule has 2 atom stereocenters. The minimum atomic E-state index is -1.16. The lowest BCUT2D eigenvalue weighted by Crippen LogP contribution is -2.48. The number of hydrogen-bond acceptors (Lipinski definition) is 9. The van der Waals surface area contributed by atoms with Gasteiger partial charge in [-0.2, -0.15) is 4.37 Å². The first-order chi connectivity index (χ1) is 18.4. The predicted molar refractivity (Wildman–Crippen MR) is 139 cm³/mol. The fourth-order valence-electron chi connectivity index (χ4n) is 3.75. The quantitative estimate of drug-likeness (QED) is 0.259. The standard InChI is InChI=1S/C23H29ClF2N6O6S/c1-31-2-4-32(5-3-31)18(35)9-13(33)8-14(34)10-28-23(37)29-22-19(20(27)36)21(30-39-22)38-11-15-16(25)6-12(24)7-17(15)26/h6-7,13-14,33-34H,2-5,8-11H2,1H3,(H2,27,36)(H2,28,29,37). The van der Waals surface area contributed by atoms with E-state index in [2.05, 4.69) is 19.9 Å². The number of primary amides is 1. The van der Waals surface area contributed by atoms with Gasteiger partial charge in [-0.05, 0) is 30.7 Å². The average Bonchev–Trinajstić information content (AvgIpc) is 3.24. The maximum Gasteiger partial charge on any atom is 0.320 e. The predicted octanol–water partition coefficient (Wildman–Crippen LogP) is 1.15. The van der Waals surface area contributed by atoms with Gasteiger partial charge in [0, 0.05) is 44.2 Å². The van der Waals surface area contributed by atoms with Crippen molar-refractivity contribution in [1.82, 2.24) is 19.5 Å². The first-order valence-electron chi connectivity index (χ1n) is 11.9. The summed E-state index contributed by atoms with van der Waals surface area (Å²) >= 11 is 6.24. The SMILES string of the molecule is CN1CCN(C(=O)CC(O)CC(O)CNC(=O)Nc2snc(OCc3c(F)cc(Cl)cc3F)c2C(N)=O)CC1. The van der Waals surface area contributed by atoms with E-state index in [0.29, 0.717) is 24.6 Å². The van der Waals surface area contributed by atoms with Crippen molar-refractivity contribution in [3.05, 3.63) is 39.9 Å². The first kappa shape index (κ1) is 30.4. The van der Waals surface area contributed by atoms with E-state index in [1.54, 1.807) is 4.90 Å². The van der Waals surface area contributed by atoms with Crippen LogP contribution in [0.4, 0.5) is 18.6 Å². The van der Waals surface area contributed by atoms with Gasteiger partial charge in [-0.3, -0.25) is 14.9 Å². The Kier molecular flexibility index (Phi) is 10.8. The molecule has 2 heterocycles. The van der Waals surface area contributed by atoms with E-state index in [4.69, 9.17) is 22.1 Å². The molecule has 214 valence electrons. The third kappa shape index (κ3) is 8.69. The van der Waals surface area contributed by atoms with Gasteiger partial charge in [0.25, 0.3) is 5.91 Å². The lowest BCUT2D eigenvalue weighted by atomic mass is 10.1. The van der Waals surface area contributed by atoms with Gasteiger partial charge in [-0.15, -0.1) is 0 Å². The second-order valence-electron chi connectivity index (χ2n) is 8.96. The smallest absolute Gasteiger partial charge is 0.320 e. The highest BCUT2D eigenvalue weighted by atomic mass is 35.5. The van der Waals surface area contributed by atoms with Crippen molar-refractivity contribution in [2.45, 2.75) is 31.7 Å².